The number of aliphatic hydroxyl groups is 1. The summed E-state index contributed by atoms with van der Waals surface area (Å²) in [5.41, 5.74) is 4.23. The Hall–Kier alpha value is -3.23. The van der Waals surface area contributed by atoms with E-state index in [4.69, 9.17) is 9.40 Å². The van der Waals surface area contributed by atoms with Crippen molar-refractivity contribution in [3.8, 4) is 11.5 Å². The molecule has 3 aromatic rings. The van der Waals surface area contributed by atoms with E-state index in [0.717, 1.165) is 49.2 Å². The third-order valence-electron chi connectivity index (χ3n) is 9.03. The lowest BCUT2D eigenvalue weighted by Gasteiger charge is -2.29. The number of nitrogens with zero attached hydrogens (tertiary/aromatic N) is 2. The summed E-state index contributed by atoms with van der Waals surface area (Å²) in [5.74, 6) is 0.643. The molecule has 5 rings (SSSR count). The maximum Gasteiger partial charge on any atom is 0.251 e. The molecule has 1 saturated carbocycles. The van der Waals surface area contributed by atoms with E-state index in [-0.39, 0.29) is 16.9 Å². The average Bonchev–Trinajstić information content (AvgIpc) is 3.58. The second-order valence-corrected chi connectivity index (χ2v) is 13.8. The highest BCUT2D eigenvalue weighted by atomic mass is 16.3. The Balaban J connectivity index is 1.35. The van der Waals surface area contributed by atoms with Gasteiger partial charge in [-0.2, -0.15) is 0 Å². The molecule has 1 fully saturated rings. The zero-order chi connectivity index (χ0) is 30.5. The summed E-state index contributed by atoms with van der Waals surface area (Å²) in [6.45, 7) is 10.1. The van der Waals surface area contributed by atoms with Crippen LogP contribution in [-0.4, -0.2) is 46.2 Å². The van der Waals surface area contributed by atoms with Gasteiger partial charge in [0.2, 0.25) is 5.89 Å². The van der Waals surface area contributed by atoms with Gasteiger partial charge in [-0.25, -0.2) is 4.98 Å². The summed E-state index contributed by atoms with van der Waals surface area (Å²) < 4.78 is 5.55. The van der Waals surface area contributed by atoms with E-state index in [1.165, 1.54) is 37.5 Å². The molecule has 1 aromatic carbocycles. The van der Waals surface area contributed by atoms with E-state index in [2.05, 4.69) is 60.8 Å². The fraction of sp³-hybridized carbons (Fsp3) is 0.571. The Morgan fingerprint density at radius 3 is 2.56 bits per heavy atom. The molecule has 8 nitrogen and oxygen atoms in total. The topological polar surface area (TPSA) is 112 Å². The summed E-state index contributed by atoms with van der Waals surface area (Å²) in [6, 6.07) is 9.56. The Bertz CT molecular complexity index is 1350. The fourth-order valence-corrected chi connectivity index (χ4v) is 6.10. The van der Waals surface area contributed by atoms with Gasteiger partial charge in [-0.1, -0.05) is 59.8 Å². The number of amides is 1. The van der Waals surface area contributed by atoms with Gasteiger partial charge in [0.15, 0.2) is 0 Å². The van der Waals surface area contributed by atoms with Crippen LogP contribution in [0.3, 0.4) is 0 Å². The molecule has 2 aromatic heterocycles. The van der Waals surface area contributed by atoms with Crippen LogP contribution in [0.25, 0.3) is 11.5 Å². The number of benzene rings is 1. The second kappa shape index (κ2) is 13.6. The van der Waals surface area contributed by atoms with Gasteiger partial charge < -0.3 is 25.5 Å². The molecule has 0 unspecified atom stereocenters. The number of nitrogens with one attached hydrogen (secondary N) is 3. The quantitative estimate of drug-likeness (QED) is 0.258. The van der Waals surface area contributed by atoms with Crippen LogP contribution in [0.5, 0.6) is 0 Å². The number of carbonyl (C=O) groups is 1. The van der Waals surface area contributed by atoms with Crippen LogP contribution < -0.4 is 16.0 Å². The maximum atomic E-state index is 13.7. The SMILES string of the molecule is C[C@@H]1CCCCCCCNc2cc(cc(-c3ncco3)c2)C(=O)N[C@H]([C@H](O)CNC2(c3cc(C(C)(C)C)ccn3)CC2)C1. The van der Waals surface area contributed by atoms with Gasteiger partial charge in [-0.15, -0.1) is 0 Å². The first kappa shape index (κ1) is 31.2. The van der Waals surface area contributed by atoms with Crippen LogP contribution in [-0.2, 0) is 11.0 Å². The van der Waals surface area contributed by atoms with Crippen LogP contribution in [0.1, 0.15) is 107 Å². The molecule has 8 heteroatoms. The lowest BCUT2D eigenvalue weighted by atomic mass is 9.86. The Morgan fingerprint density at radius 2 is 1.81 bits per heavy atom. The normalized spacial score (nSPS) is 22.3. The average molecular weight is 588 g/mol. The molecule has 0 saturated heterocycles. The number of hydrogen-bond acceptors (Lipinski definition) is 7. The highest BCUT2D eigenvalue weighted by Crippen LogP contribution is 2.45. The number of aromatic nitrogens is 2. The third-order valence-corrected chi connectivity index (χ3v) is 9.03. The Morgan fingerprint density at radius 1 is 1.05 bits per heavy atom. The summed E-state index contributed by atoms with van der Waals surface area (Å²) in [7, 11) is 0. The molecule has 43 heavy (non-hydrogen) atoms. The second-order valence-electron chi connectivity index (χ2n) is 13.8. The van der Waals surface area contributed by atoms with Crippen molar-refractivity contribution < 1.29 is 14.3 Å². The Kier molecular flexibility index (Phi) is 9.87. The third kappa shape index (κ3) is 8.24. The van der Waals surface area contributed by atoms with Crippen molar-refractivity contribution in [3.05, 3.63) is 65.8 Å². The first-order valence-electron chi connectivity index (χ1n) is 16.1. The van der Waals surface area contributed by atoms with E-state index in [1.807, 2.05) is 24.4 Å². The predicted octanol–water partition coefficient (Wildman–Crippen LogP) is 6.56. The van der Waals surface area contributed by atoms with Gasteiger partial charge in [-0.3, -0.25) is 9.78 Å². The molecule has 1 aliphatic carbocycles. The Labute approximate surface area is 256 Å². The van der Waals surface area contributed by atoms with Gasteiger partial charge in [0.05, 0.1) is 29.6 Å². The molecule has 3 heterocycles. The molecule has 1 aliphatic heterocycles. The van der Waals surface area contributed by atoms with Crippen molar-refractivity contribution in [2.75, 3.05) is 18.4 Å². The van der Waals surface area contributed by atoms with Crippen LogP contribution in [0, 0.1) is 5.92 Å². The highest BCUT2D eigenvalue weighted by molar-refractivity contribution is 5.96. The number of anilines is 1. The number of fused-ring (bicyclic) bond motifs is 2. The van der Waals surface area contributed by atoms with Gasteiger partial charge >= 0.3 is 0 Å². The summed E-state index contributed by atoms with van der Waals surface area (Å²) in [5, 5.41) is 21.9. The number of oxazole rings is 1. The van der Waals surface area contributed by atoms with Crippen LogP contribution in [0.4, 0.5) is 5.69 Å². The van der Waals surface area contributed by atoms with E-state index in [9.17, 15) is 9.90 Å². The van der Waals surface area contributed by atoms with Crippen molar-refractivity contribution in [2.45, 2.75) is 109 Å². The number of aliphatic hydroxyl groups excluding tert-OH is 1. The molecular formula is C35H49N5O3. The predicted molar refractivity (Wildman–Crippen MR) is 171 cm³/mol. The highest BCUT2D eigenvalue weighted by Gasteiger charge is 2.46. The molecule has 0 radical (unpaired) electrons. The largest absolute Gasteiger partial charge is 0.445 e. The minimum Gasteiger partial charge on any atom is -0.445 e. The van der Waals surface area contributed by atoms with E-state index in [0.29, 0.717) is 30.3 Å². The molecule has 4 N–H and O–H groups in total. The zero-order valence-electron chi connectivity index (χ0n) is 26.3. The van der Waals surface area contributed by atoms with Crippen molar-refractivity contribution >= 4 is 11.6 Å². The minimum absolute atomic E-state index is 0.0388. The van der Waals surface area contributed by atoms with Crippen molar-refractivity contribution in [1.82, 2.24) is 20.6 Å². The zero-order valence-corrected chi connectivity index (χ0v) is 26.3. The lowest BCUT2D eigenvalue weighted by molar-refractivity contribution is 0.0782. The first-order chi connectivity index (χ1) is 20.6. The standard InChI is InChI=1S/C35H49N5O3/c1-24-10-8-6-5-7-9-14-36-28-20-25(19-26(21-28)33-38-16-17-43-33)32(42)40-29(18-24)30(41)23-39-35(12-13-35)31-22-27(11-15-37-31)34(2,3)4/h11,15-17,19-22,24,29-30,36,39,41H,5-10,12-14,18,23H2,1-4H3,(H,40,42)/t24-,29+,30-/m1/s1. The summed E-state index contributed by atoms with van der Waals surface area (Å²) >= 11 is 0. The van der Waals surface area contributed by atoms with Gasteiger partial charge in [0.25, 0.3) is 5.91 Å². The van der Waals surface area contributed by atoms with Crippen LogP contribution >= 0.6 is 0 Å². The number of pyridine rings is 1. The molecule has 3 atom stereocenters. The summed E-state index contributed by atoms with van der Waals surface area (Å²) in [6.07, 6.45) is 13.9. The number of carbonyl (C=O) groups excluding carboxylic acids is 1. The monoisotopic (exact) mass is 587 g/mol. The smallest absolute Gasteiger partial charge is 0.251 e. The van der Waals surface area contributed by atoms with Crippen LogP contribution in [0.15, 0.2) is 53.4 Å². The van der Waals surface area contributed by atoms with Crippen LogP contribution in [0.2, 0.25) is 0 Å². The van der Waals surface area contributed by atoms with Gasteiger partial charge in [0.1, 0.15) is 6.26 Å². The molecule has 1 amide bonds. The van der Waals surface area contributed by atoms with E-state index >= 15 is 0 Å². The van der Waals surface area contributed by atoms with Gasteiger partial charge in [-0.05, 0) is 72.9 Å². The van der Waals surface area contributed by atoms with Crippen molar-refractivity contribution in [3.63, 3.8) is 0 Å². The van der Waals surface area contributed by atoms with E-state index in [1.54, 1.807) is 6.20 Å². The number of rotatable bonds is 6. The lowest BCUT2D eigenvalue weighted by Crippen LogP contribution is -2.49. The molecule has 0 spiro atoms. The number of hydrogen-bond donors (Lipinski definition) is 4. The maximum absolute atomic E-state index is 13.7. The minimum atomic E-state index is -0.749. The van der Waals surface area contributed by atoms with Crippen molar-refractivity contribution in [1.29, 1.82) is 0 Å². The fourth-order valence-electron chi connectivity index (χ4n) is 6.10. The van der Waals surface area contributed by atoms with E-state index < -0.39 is 12.1 Å². The molecule has 232 valence electrons. The van der Waals surface area contributed by atoms with Gasteiger partial charge in [0, 0.05) is 36.1 Å². The molecular weight excluding hydrogens is 538 g/mol. The summed E-state index contributed by atoms with van der Waals surface area (Å²) in [4.78, 5) is 22.8. The van der Waals surface area contributed by atoms with Crippen molar-refractivity contribution in [2.24, 2.45) is 5.92 Å². The molecule has 2 bridgehead atoms. The first-order valence-corrected chi connectivity index (χ1v) is 16.1. The molecule has 2 aliphatic rings.